The van der Waals surface area contributed by atoms with Crippen LogP contribution in [-0.4, -0.2) is 60.0 Å². The van der Waals surface area contributed by atoms with Crippen LogP contribution in [0.4, 0.5) is 17.6 Å². The molecular weight excluding hydrogens is 550 g/mol. The van der Waals surface area contributed by atoms with E-state index < -0.39 is 55.0 Å². The molecule has 39 heavy (non-hydrogen) atoms. The van der Waals surface area contributed by atoms with Gasteiger partial charge in [0, 0.05) is 27.9 Å². The van der Waals surface area contributed by atoms with Crippen LogP contribution in [0.5, 0.6) is 5.75 Å². The van der Waals surface area contributed by atoms with Gasteiger partial charge in [0.25, 0.3) is 11.8 Å². The third-order valence-corrected chi connectivity index (χ3v) is 6.13. The highest BCUT2D eigenvalue weighted by atomic mass is 32.2. The Morgan fingerprint density at radius 3 is 2.38 bits per heavy atom. The van der Waals surface area contributed by atoms with E-state index in [2.05, 4.69) is 15.2 Å². The number of ether oxygens (including phenoxy) is 1. The van der Waals surface area contributed by atoms with Crippen LogP contribution in [0.2, 0.25) is 0 Å². The van der Waals surface area contributed by atoms with Gasteiger partial charge in [-0.2, -0.15) is 0 Å². The number of thioether (sulfide) groups is 1. The van der Waals surface area contributed by atoms with Gasteiger partial charge in [0.1, 0.15) is 18.8 Å². The summed E-state index contributed by atoms with van der Waals surface area (Å²) < 4.78 is 54.6. The maximum absolute atomic E-state index is 14.1. The highest BCUT2D eigenvalue weighted by Crippen LogP contribution is 2.27. The van der Waals surface area contributed by atoms with Crippen LogP contribution in [0.25, 0.3) is 0 Å². The monoisotopic (exact) mass is 573 g/mol. The SMILES string of the molecule is Cc1c(SCC(F)C(=O)NCC(=O)N=O)cccc1C(=O)N(N)CC(=O)NCc1ccc(OC(F)(F)F)cc1. The van der Waals surface area contributed by atoms with E-state index in [1.54, 1.807) is 13.0 Å². The summed E-state index contributed by atoms with van der Waals surface area (Å²) in [5.74, 6) is 1.39. The molecule has 11 nitrogen and oxygen atoms in total. The number of carbonyl (C=O) groups excluding carboxylic acids is 4. The van der Waals surface area contributed by atoms with Gasteiger partial charge in [-0.25, -0.2) is 10.2 Å². The van der Waals surface area contributed by atoms with E-state index in [1.807, 2.05) is 5.32 Å². The van der Waals surface area contributed by atoms with Crippen LogP contribution in [0, 0.1) is 11.8 Å². The molecule has 4 amide bonds. The Morgan fingerprint density at radius 2 is 1.77 bits per heavy atom. The van der Waals surface area contributed by atoms with Crippen molar-refractivity contribution in [3.63, 3.8) is 0 Å². The topological polar surface area (TPSA) is 160 Å². The average Bonchev–Trinajstić information content (AvgIpc) is 2.88. The minimum Gasteiger partial charge on any atom is -0.406 e. The van der Waals surface area contributed by atoms with Crippen LogP contribution >= 0.6 is 11.8 Å². The minimum atomic E-state index is -4.82. The van der Waals surface area contributed by atoms with Crippen molar-refractivity contribution >= 4 is 35.4 Å². The van der Waals surface area contributed by atoms with Gasteiger partial charge in [-0.3, -0.25) is 24.2 Å². The zero-order valence-electron chi connectivity index (χ0n) is 20.3. The van der Waals surface area contributed by atoms with Crippen LogP contribution in [-0.2, 0) is 20.9 Å². The molecule has 2 aromatic rings. The molecule has 0 aliphatic rings. The summed E-state index contributed by atoms with van der Waals surface area (Å²) in [5, 5.41) is 7.18. The molecule has 0 saturated heterocycles. The van der Waals surface area contributed by atoms with Crippen molar-refractivity contribution in [1.82, 2.24) is 15.6 Å². The lowest BCUT2D eigenvalue weighted by Crippen LogP contribution is -2.45. The van der Waals surface area contributed by atoms with Gasteiger partial charge >= 0.3 is 12.3 Å². The molecular formula is C23H23F4N5O6S. The van der Waals surface area contributed by atoms with Crippen molar-refractivity contribution in [2.45, 2.75) is 30.9 Å². The first kappa shape index (κ1) is 31.2. The maximum atomic E-state index is 14.1. The number of nitrogens with zero attached hydrogens (tertiary/aromatic N) is 2. The fourth-order valence-corrected chi connectivity index (χ4v) is 3.97. The van der Waals surface area contributed by atoms with Crippen LogP contribution < -0.4 is 21.2 Å². The molecule has 1 atom stereocenters. The van der Waals surface area contributed by atoms with E-state index in [1.165, 1.54) is 24.3 Å². The number of rotatable bonds is 12. The Morgan fingerprint density at radius 1 is 1.10 bits per heavy atom. The lowest BCUT2D eigenvalue weighted by molar-refractivity contribution is -0.274. The third-order valence-electron chi connectivity index (χ3n) is 4.92. The van der Waals surface area contributed by atoms with Crippen LogP contribution in [0.15, 0.2) is 52.5 Å². The van der Waals surface area contributed by atoms with Gasteiger partial charge in [0.2, 0.25) is 5.91 Å². The fourth-order valence-electron chi connectivity index (χ4n) is 2.99. The molecule has 0 saturated carbocycles. The number of nitroso groups, excluding NO2 is 1. The summed E-state index contributed by atoms with van der Waals surface area (Å²) in [6.07, 6.45) is -6.84. The van der Waals surface area contributed by atoms with Crippen molar-refractivity contribution in [1.29, 1.82) is 0 Å². The van der Waals surface area contributed by atoms with Gasteiger partial charge < -0.3 is 15.4 Å². The molecule has 210 valence electrons. The quantitative estimate of drug-likeness (QED) is 0.0871. The first-order valence-corrected chi connectivity index (χ1v) is 12.0. The molecule has 0 aliphatic carbocycles. The highest BCUT2D eigenvalue weighted by Gasteiger charge is 2.31. The molecule has 0 radical (unpaired) electrons. The smallest absolute Gasteiger partial charge is 0.406 e. The fraction of sp³-hybridized carbons (Fsp3) is 0.304. The van der Waals surface area contributed by atoms with Gasteiger partial charge in [-0.05, 0) is 42.3 Å². The van der Waals surface area contributed by atoms with E-state index >= 15 is 0 Å². The summed E-state index contributed by atoms with van der Waals surface area (Å²) in [6, 6.07) is 9.36. The molecule has 2 rings (SSSR count). The molecule has 0 fully saturated rings. The molecule has 16 heteroatoms. The number of hydrogen-bond donors (Lipinski definition) is 3. The third kappa shape index (κ3) is 10.3. The number of hydrogen-bond acceptors (Lipinski definition) is 8. The summed E-state index contributed by atoms with van der Waals surface area (Å²) >= 11 is 0.922. The van der Waals surface area contributed by atoms with Gasteiger partial charge in [-0.15, -0.1) is 29.8 Å². The van der Waals surface area contributed by atoms with Crippen molar-refractivity contribution in [3.05, 3.63) is 64.1 Å². The van der Waals surface area contributed by atoms with Crippen LogP contribution in [0.1, 0.15) is 21.5 Å². The number of nitrogens with two attached hydrogens (primary N) is 1. The molecule has 4 N–H and O–H groups in total. The van der Waals surface area contributed by atoms with Gasteiger partial charge in [0.05, 0.1) is 0 Å². The lowest BCUT2D eigenvalue weighted by atomic mass is 10.1. The number of alkyl halides is 4. The molecule has 0 aromatic heterocycles. The normalized spacial score (nSPS) is 11.7. The van der Waals surface area contributed by atoms with E-state index in [9.17, 15) is 41.6 Å². The van der Waals surface area contributed by atoms with Gasteiger partial charge in [0.15, 0.2) is 6.17 Å². The van der Waals surface area contributed by atoms with Gasteiger partial charge in [-0.1, -0.05) is 18.2 Å². The highest BCUT2D eigenvalue weighted by molar-refractivity contribution is 7.99. The molecule has 0 heterocycles. The number of carbonyl (C=O) groups is 4. The Bertz CT molecular complexity index is 1210. The molecule has 0 aliphatic heterocycles. The summed E-state index contributed by atoms with van der Waals surface area (Å²) in [4.78, 5) is 58.0. The van der Waals surface area contributed by atoms with E-state index in [0.29, 0.717) is 21.0 Å². The Hall–Kier alpha value is -4.05. The minimum absolute atomic E-state index is 0.0455. The first-order chi connectivity index (χ1) is 18.3. The molecule has 0 bridgehead atoms. The second-order valence-corrected chi connectivity index (χ2v) is 8.87. The lowest BCUT2D eigenvalue weighted by Gasteiger charge is -2.19. The van der Waals surface area contributed by atoms with Crippen molar-refractivity contribution in [2.75, 3.05) is 18.8 Å². The zero-order chi connectivity index (χ0) is 29.2. The number of amides is 4. The standard InChI is InChI=1S/C23H23F4N5O6S/c1-13-16(3-2-4-18(13)39-12-17(24)21(35)30-10-19(33)31-37)22(36)32(28)11-20(34)29-9-14-5-7-15(8-6-14)38-23(25,26)27/h2-8,17H,9-12,28H2,1H3,(H,29,34)(H,30,35). The second-order valence-electron chi connectivity index (χ2n) is 7.81. The maximum Gasteiger partial charge on any atom is 0.573 e. The predicted molar refractivity (Wildman–Crippen MR) is 131 cm³/mol. The van der Waals surface area contributed by atoms with Crippen molar-refractivity contribution in [3.8, 4) is 5.75 Å². The Kier molecular flexibility index (Phi) is 11.3. The number of nitrogens with one attached hydrogen (secondary N) is 2. The molecule has 1 unspecified atom stereocenters. The Balaban J connectivity index is 1.90. The summed E-state index contributed by atoms with van der Waals surface area (Å²) in [5.41, 5.74) is 1.01. The summed E-state index contributed by atoms with van der Waals surface area (Å²) in [6.45, 7) is 0.263. The number of hydrazine groups is 1. The number of benzene rings is 2. The molecule has 0 spiro atoms. The van der Waals surface area contributed by atoms with E-state index in [0.717, 1.165) is 23.9 Å². The second kappa shape index (κ2) is 14.2. The first-order valence-electron chi connectivity index (χ1n) is 11.0. The van der Waals surface area contributed by atoms with E-state index in [-0.39, 0.29) is 17.9 Å². The zero-order valence-corrected chi connectivity index (χ0v) is 21.1. The average molecular weight is 574 g/mol. The molecule has 2 aromatic carbocycles. The Labute approximate surface area is 223 Å². The summed E-state index contributed by atoms with van der Waals surface area (Å²) in [7, 11) is 0. The largest absolute Gasteiger partial charge is 0.573 e. The van der Waals surface area contributed by atoms with Crippen LogP contribution in [0.3, 0.4) is 0 Å². The van der Waals surface area contributed by atoms with E-state index in [4.69, 9.17) is 5.84 Å². The van der Waals surface area contributed by atoms with Crippen molar-refractivity contribution < 1.29 is 41.5 Å². The number of halogens is 4. The van der Waals surface area contributed by atoms with Crippen molar-refractivity contribution in [2.24, 2.45) is 11.0 Å². The predicted octanol–water partition coefficient (Wildman–Crippen LogP) is 2.37.